The van der Waals surface area contributed by atoms with E-state index in [9.17, 15) is 93.0 Å². The molecule has 2 aromatic rings. The number of carboxylic acid groups (broad SMARTS) is 2. The molecule has 0 spiro atoms. The summed E-state index contributed by atoms with van der Waals surface area (Å²) in [6.45, 7) is -1.19. The minimum absolute atomic E-state index is 0.0784. The Morgan fingerprint density at radius 2 is 1.02 bits per heavy atom. The Balaban J connectivity index is 2.55. The average molecular weight is 1240 g/mol. The molecule has 1 heterocycles. The van der Waals surface area contributed by atoms with Crippen molar-refractivity contribution in [2.75, 3.05) is 26.3 Å². The lowest BCUT2D eigenvalue weighted by Crippen LogP contribution is -2.61. The van der Waals surface area contributed by atoms with Crippen LogP contribution < -0.4 is 82.3 Å². The number of benzene rings is 1. The van der Waals surface area contributed by atoms with Crippen LogP contribution in [0.25, 0.3) is 0 Å². The summed E-state index contributed by atoms with van der Waals surface area (Å²) in [5.74, 6) is -16.8. The van der Waals surface area contributed by atoms with Gasteiger partial charge in [0, 0.05) is 37.7 Å². The van der Waals surface area contributed by atoms with Crippen molar-refractivity contribution in [1.82, 2.24) is 57.8 Å². The van der Waals surface area contributed by atoms with Crippen LogP contribution in [0.5, 0.6) is 5.75 Å². The molecule has 11 atom stereocenters. The number of unbranched alkanes of at least 4 members (excludes halogenated alkanes) is 1. The van der Waals surface area contributed by atoms with Crippen LogP contribution in [0.2, 0.25) is 0 Å². The summed E-state index contributed by atoms with van der Waals surface area (Å²) in [5.41, 5.74) is 33.6. The van der Waals surface area contributed by atoms with Gasteiger partial charge in [-0.2, -0.15) is 0 Å². The molecule has 0 aliphatic carbocycles. The number of aliphatic hydroxyl groups excluding tert-OH is 3. The minimum atomic E-state index is -2.05. The monoisotopic (exact) mass is 1230 g/mol. The van der Waals surface area contributed by atoms with E-state index in [1.807, 2.05) is 10.6 Å². The average Bonchev–Trinajstić information content (AvgIpc) is 4.05. The summed E-state index contributed by atoms with van der Waals surface area (Å²) in [5, 5.41) is 79.3. The third-order valence-corrected chi connectivity index (χ3v) is 12.5. The van der Waals surface area contributed by atoms with Gasteiger partial charge in [0.1, 0.15) is 54.1 Å². The fraction of sp³-hybridized carbons (Fsp3) is 0.540. The van der Waals surface area contributed by atoms with Gasteiger partial charge in [-0.15, -0.1) is 0 Å². The van der Waals surface area contributed by atoms with E-state index in [-0.39, 0.29) is 48.8 Å². The lowest BCUT2D eigenvalue weighted by Gasteiger charge is -2.28. The number of hydrogen-bond acceptors (Lipinski definition) is 21. The number of phenols is 1. The van der Waals surface area contributed by atoms with Crippen molar-refractivity contribution in [3.8, 4) is 5.75 Å². The molecule has 37 nitrogen and oxygen atoms in total. The number of imidazole rings is 1. The Bertz CT molecular complexity index is 2710. The van der Waals surface area contributed by atoms with E-state index >= 15 is 0 Å². The third-order valence-electron chi connectivity index (χ3n) is 12.5. The number of aliphatic hydroxyl groups is 3. The molecule has 37 heteroatoms. The van der Waals surface area contributed by atoms with Crippen molar-refractivity contribution < 1.29 is 93.0 Å². The SMILES string of the molecule is C[C@@H](O)[C@H](NC(=O)[C@H](CC(=O)O)NC(=O)[C@H](CO)NC(=O)[C@H](Cc1ccc(O)cc1)NC(=O)[C@H](CCCN=C(N)N)NC(=O)[C@H](CCC(N)=O)NC(=O)[C@H](Cc1cnc[nH]1)NC(=O)[C@H](CO)NC(=O)[C@H](CC(N)=O)NC(=O)[C@@H](N)CCCCN)C(=O)O. The Morgan fingerprint density at radius 3 is 1.49 bits per heavy atom. The first kappa shape index (κ1) is 73.5. The molecular formula is C50H78N18O19. The summed E-state index contributed by atoms with van der Waals surface area (Å²) in [6.07, 6.45) is -2.48. The van der Waals surface area contributed by atoms with Gasteiger partial charge in [0.2, 0.25) is 65.0 Å². The van der Waals surface area contributed by atoms with Crippen LogP contribution in [0.15, 0.2) is 41.8 Å². The second-order valence-electron chi connectivity index (χ2n) is 19.7. The molecule has 87 heavy (non-hydrogen) atoms. The number of phenolic OH excluding ortho intramolecular Hbond substituents is 1. The standard InChI is InChI=1S/C50H78N18O19/c1-23(71)39(49(86)87)68-46(83)33(18-38(75)76)65-48(85)35(21-70)66-43(80)30(15-24-7-9-26(72)10-8-24)63-41(78)28(6-4-14-58-50(55)56)60-42(79)29(11-12-36(53)73)61-44(81)31(16-25-19-57-22-59-25)64-47(84)34(20-69)67-45(82)32(17-37(54)74)62-40(77)27(52)5-2-3-13-51/h7-10,19,22-23,27-35,39,69-72H,2-6,11-18,20-21,51-52H2,1H3,(H2,53,73)(H2,54,74)(H,57,59)(H,60,79)(H,61,81)(H,62,77)(H,63,78)(H,64,84)(H,65,85)(H,66,80)(H,67,82)(H,68,83)(H,75,76)(H,86,87)(H4,55,56,58)/t23-,27+,28+,29+,30+,31+,32+,33+,34+,35+,39+/m1/s1. The largest absolute Gasteiger partial charge is 0.508 e. The number of aromatic nitrogens is 2. The lowest BCUT2D eigenvalue weighted by molar-refractivity contribution is -0.146. The van der Waals surface area contributed by atoms with E-state index < -0.39 is 195 Å². The smallest absolute Gasteiger partial charge is 0.328 e. The Kier molecular flexibility index (Phi) is 31.8. The number of nitrogens with zero attached hydrogens (tertiary/aromatic N) is 2. The van der Waals surface area contributed by atoms with Crippen LogP contribution in [0.4, 0.5) is 0 Å². The number of primary amides is 2. The number of carbonyl (C=O) groups excluding carboxylic acids is 11. The summed E-state index contributed by atoms with van der Waals surface area (Å²) >= 11 is 0. The molecule has 0 saturated carbocycles. The molecule has 0 radical (unpaired) electrons. The van der Waals surface area contributed by atoms with Crippen LogP contribution in [0, 0.1) is 0 Å². The van der Waals surface area contributed by atoms with Crippen LogP contribution in [-0.2, 0) is 75.2 Å². The lowest BCUT2D eigenvalue weighted by atomic mass is 10.0. The highest BCUT2D eigenvalue weighted by Crippen LogP contribution is 2.14. The molecule has 0 aliphatic heterocycles. The van der Waals surface area contributed by atoms with Gasteiger partial charge < -0.3 is 118 Å². The molecule has 0 unspecified atom stereocenters. The zero-order valence-electron chi connectivity index (χ0n) is 47.3. The molecule has 11 amide bonds. The van der Waals surface area contributed by atoms with Crippen LogP contribution in [0.1, 0.15) is 76.0 Å². The number of amides is 11. The van der Waals surface area contributed by atoms with E-state index in [2.05, 4.69) is 52.2 Å². The Morgan fingerprint density at radius 1 is 0.563 bits per heavy atom. The zero-order chi connectivity index (χ0) is 65.5. The van der Waals surface area contributed by atoms with Crippen molar-refractivity contribution >= 4 is 82.9 Å². The zero-order valence-corrected chi connectivity index (χ0v) is 47.3. The first-order valence-electron chi connectivity index (χ1n) is 26.9. The third kappa shape index (κ3) is 27.3. The number of hydrogen-bond donors (Lipinski definition) is 22. The van der Waals surface area contributed by atoms with E-state index in [0.29, 0.717) is 19.4 Å². The van der Waals surface area contributed by atoms with Gasteiger partial charge in [-0.25, -0.2) is 9.78 Å². The number of aromatic hydroxyl groups is 1. The highest BCUT2D eigenvalue weighted by molar-refractivity contribution is 6.00. The number of nitrogens with two attached hydrogens (primary N) is 6. The van der Waals surface area contributed by atoms with Gasteiger partial charge >= 0.3 is 11.9 Å². The van der Waals surface area contributed by atoms with Gasteiger partial charge in [-0.05, 0) is 63.3 Å². The molecule has 2 rings (SSSR count). The van der Waals surface area contributed by atoms with E-state index in [0.717, 1.165) is 6.92 Å². The predicted octanol–water partition coefficient (Wildman–Crippen LogP) is -10.2. The predicted molar refractivity (Wildman–Crippen MR) is 300 cm³/mol. The van der Waals surface area contributed by atoms with E-state index in [1.54, 1.807) is 0 Å². The van der Waals surface area contributed by atoms with Gasteiger partial charge in [0.05, 0.1) is 44.5 Å². The molecule has 28 N–H and O–H groups in total. The molecule has 482 valence electrons. The Hall–Kier alpha value is -9.59. The topological polar surface area (TPSA) is 649 Å². The number of aliphatic imine (C=N–C) groups is 1. The van der Waals surface area contributed by atoms with Gasteiger partial charge in [0.25, 0.3) is 0 Å². The maximum Gasteiger partial charge on any atom is 0.328 e. The highest BCUT2D eigenvalue weighted by atomic mass is 16.4. The van der Waals surface area contributed by atoms with E-state index in [4.69, 9.17) is 34.4 Å². The summed E-state index contributed by atoms with van der Waals surface area (Å²) in [6, 6.07) is -12.6. The molecule has 0 fully saturated rings. The van der Waals surface area contributed by atoms with Crippen molar-refractivity contribution in [1.29, 1.82) is 0 Å². The fourth-order valence-electron chi connectivity index (χ4n) is 7.88. The molecule has 0 saturated heterocycles. The van der Waals surface area contributed by atoms with Crippen LogP contribution in [0.3, 0.4) is 0 Å². The number of H-pyrrole nitrogens is 1. The first-order chi connectivity index (χ1) is 41.0. The van der Waals surface area contributed by atoms with Gasteiger partial charge in [-0.1, -0.05) is 18.6 Å². The van der Waals surface area contributed by atoms with Crippen molar-refractivity contribution in [2.45, 2.75) is 144 Å². The summed E-state index contributed by atoms with van der Waals surface area (Å²) in [4.78, 5) is 182. The molecule has 1 aromatic heterocycles. The minimum Gasteiger partial charge on any atom is -0.508 e. The number of aliphatic carboxylic acids is 2. The number of aromatic amines is 1. The normalized spacial score (nSPS) is 14.7. The second-order valence-corrected chi connectivity index (χ2v) is 19.7. The maximum atomic E-state index is 14.4. The van der Waals surface area contributed by atoms with Crippen LogP contribution in [-0.4, -0.2) is 216 Å². The second kappa shape index (κ2) is 37.7. The molecular weight excluding hydrogens is 1160 g/mol. The fourth-order valence-corrected chi connectivity index (χ4v) is 7.88. The summed E-state index contributed by atoms with van der Waals surface area (Å²) < 4.78 is 0. The van der Waals surface area contributed by atoms with Crippen LogP contribution >= 0.6 is 0 Å². The van der Waals surface area contributed by atoms with Gasteiger partial charge in [0.15, 0.2) is 12.0 Å². The van der Waals surface area contributed by atoms with Crippen molar-refractivity contribution in [3.05, 3.63) is 48.0 Å². The molecule has 1 aromatic carbocycles. The summed E-state index contributed by atoms with van der Waals surface area (Å²) in [7, 11) is 0. The number of carboxylic acids is 2. The Labute approximate surface area is 496 Å². The number of rotatable bonds is 41. The molecule has 0 aliphatic rings. The maximum absolute atomic E-state index is 14.4. The molecule has 0 bridgehead atoms. The van der Waals surface area contributed by atoms with Crippen molar-refractivity contribution in [3.63, 3.8) is 0 Å². The number of guanidine groups is 1. The van der Waals surface area contributed by atoms with Gasteiger partial charge in [-0.3, -0.25) is 62.5 Å². The van der Waals surface area contributed by atoms with Crippen molar-refractivity contribution in [2.24, 2.45) is 39.4 Å². The number of nitrogens with one attached hydrogen (secondary N) is 10. The van der Waals surface area contributed by atoms with E-state index in [1.165, 1.54) is 36.8 Å². The first-order valence-corrected chi connectivity index (χ1v) is 26.9. The number of carbonyl (C=O) groups is 13. The highest BCUT2D eigenvalue weighted by Gasteiger charge is 2.37. The quantitative estimate of drug-likeness (QED) is 0.0167.